The molecule has 1 N–H and O–H groups in total. The molecule has 28 heavy (non-hydrogen) atoms. The van der Waals surface area contributed by atoms with Gasteiger partial charge in [-0.15, -0.1) is 0 Å². The number of Topliss-reactive ketones (excluding diaryl/α,β-unsaturated/α-hetero) is 1. The third kappa shape index (κ3) is 1.16. The molecule has 6 atom stereocenters. The molecule has 146 valence electrons. The number of carbonyl (C=O) groups excluding carboxylic acids is 2. The molecule has 1 aromatic carbocycles. The van der Waals surface area contributed by atoms with E-state index < -0.39 is 22.6 Å². The number of rotatable bonds is 0. The van der Waals surface area contributed by atoms with E-state index in [9.17, 15) is 14.7 Å². The van der Waals surface area contributed by atoms with Crippen LogP contribution in [0, 0.1) is 11.3 Å². The number of nitrogens with zero attached hydrogens (tertiary/aromatic N) is 2. The van der Waals surface area contributed by atoms with Crippen LogP contribution in [0.3, 0.4) is 0 Å². The summed E-state index contributed by atoms with van der Waals surface area (Å²) in [7, 11) is 1.39. The summed E-state index contributed by atoms with van der Waals surface area (Å²) in [5, 5.41) is 12.1. The summed E-state index contributed by atoms with van der Waals surface area (Å²) >= 11 is 0. The lowest BCUT2D eigenvalue weighted by molar-refractivity contribution is -0.194. The normalized spacial score (nSPS) is 49.4. The van der Waals surface area contributed by atoms with Gasteiger partial charge in [-0.3, -0.25) is 14.6 Å². The molecule has 4 bridgehead atoms. The molecule has 3 heterocycles. The Bertz CT molecular complexity index is 979. The number of para-hydroxylation sites is 1. The molecule has 6 nitrogen and oxygen atoms in total. The van der Waals surface area contributed by atoms with E-state index in [1.807, 2.05) is 18.2 Å². The molecular weight excluding hydrogens is 356 g/mol. The number of piperidine rings is 1. The number of hydrogen-bond acceptors (Lipinski definition) is 5. The molecule has 4 aliphatic carbocycles. The standard InChI is InChI=1S/C22H24N2O4/c1-28-18(26)24-15-6-3-2-5-13(15)22-14-11-23-10-4-7-19(17(22)23)8-9-21(22,24)20(27,12-19)16(14)25/h2-3,5-6,14,17,27H,4,7-12H2,1H3/t14-,17?,19-,20-,21-,22+/m0/s1. The van der Waals surface area contributed by atoms with Crippen LogP contribution < -0.4 is 4.90 Å². The van der Waals surface area contributed by atoms with Crippen LogP contribution >= 0.6 is 0 Å². The van der Waals surface area contributed by atoms with Crippen LogP contribution in [-0.2, 0) is 14.9 Å². The quantitative estimate of drug-likeness (QED) is 0.744. The number of anilines is 1. The van der Waals surface area contributed by atoms with Gasteiger partial charge in [0.25, 0.3) is 0 Å². The predicted octanol–water partition coefficient (Wildman–Crippen LogP) is 1.84. The lowest BCUT2D eigenvalue weighted by Gasteiger charge is -2.69. The van der Waals surface area contributed by atoms with Gasteiger partial charge in [0.05, 0.1) is 23.8 Å². The average Bonchev–Trinajstić information content (AvgIpc) is 3.23. The van der Waals surface area contributed by atoms with Crippen LogP contribution in [0.15, 0.2) is 24.3 Å². The lowest BCUT2D eigenvalue weighted by Crippen LogP contribution is -2.82. The van der Waals surface area contributed by atoms with Crippen molar-refractivity contribution >= 4 is 17.6 Å². The largest absolute Gasteiger partial charge is 0.452 e. The molecule has 2 saturated heterocycles. The molecule has 1 amide bonds. The Morgan fingerprint density at radius 3 is 2.89 bits per heavy atom. The third-order valence-corrected chi connectivity index (χ3v) is 9.48. The van der Waals surface area contributed by atoms with Crippen molar-refractivity contribution in [1.82, 2.24) is 4.90 Å². The van der Waals surface area contributed by atoms with Crippen molar-refractivity contribution in [3.63, 3.8) is 0 Å². The van der Waals surface area contributed by atoms with Crippen molar-refractivity contribution in [2.75, 3.05) is 25.1 Å². The van der Waals surface area contributed by atoms with E-state index in [1.165, 1.54) is 7.11 Å². The Balaban J connectivity index is 1.65. The molecule has 7 aliphatic rings. The van der Waals surface area contributed by atoms with E-state index in [1.54, 1.807) is 4.90 Å². The molecule has 1 unspecified atom stereocenters. The Labute approximate surface area is 163 Å². The zero-order valence-electron chi connectivity index (χ0n) is 16.0. The van der Waals surface area contributed by atoms with Crippen molar-refractivity contribution in [3.05, 3.63) is 29.8 Å². The second-order valence-electron chi connectivity index (χ2n) is 9.87. The van der Waals surface area contributed by atoms with E-state index in [2.05, 4.69) is 11.0 Å². The number of hydrogen-bond donors (Lipinski definition) is 1. The van der Waals surface area contributed by atoms with E-state index in [0.29, 0.717) is 19.4 Å². The minimum atomic E-state index is -1.48. The minimum absolute atomic E-state index is 0.0328. The van der Waals surface area contributed by atoms with Crippen LogP contribution in [0.1, 0.15) is 37.7 Å². The number of fused-ring (bicyclic) bond motifs is 2. The number of ether oxygens (including phenoxy) is 1. The molecule has 4 saturated carbocycles. The fourth-order valence-corrected chi connectivity index (χ4v) is 9.19. The van der Waals surface area contributed by atoms with Crippen molar-refractivity contribution < 1.29 is 19.4 Å². The first-order chi connectivity index (χ1) is 13.5. The summed E-state index contributed by atoms with van der Waals surface area (Å²) in [6.07, 6.45) is 3.84. The molecule has 3 aliphatic heterocycles. The molecule has 6 heteroatoms. The summed E-state index contributed by atoms with van der Waals surface area (Å²) < 4.78 is 5.22. The van der Waals surface area contributed by atoms with Gasteiger partial charge in [-0.25, -0.2) is 4.79 Å². The maximum absolute atomic E-state index is 13.8. The number of methoxy groups -OCH3 is 1. The van der Waals surface area contributed by atoms with Gasteiger partial charge in [-0.05, 0) is 55.7 Å². The maximum atomic E-state index is 13.8. The number of aliphatic hydroxyl groups is 1. The van der Waals surface area contributed by atoms with Crippen LogP contribution in [0.2, 0.25) is 0 Å². The Morgan fingerprint density at radius 1 is 1.25 bits per heavy atom. The number of amides is 1. The van der Waals surface area contributed by atoms with Crippen molar-refractivity contribution in [1.29, 1.82) is 0 Å². The summed E-state index contributed by atoms with van der Waals surface area (Å²) in [6.45, 7) is 1.71. The van der Waals surface area contributed by atoms with E-state index in [-0.39, 0.29) is 23.2 Å². The molecule has 0 radical (unpaired) electrons. The fourth-order valence-electron chi connectivity index (χ4n) is 9.19. The smallest absolute Gasteiger partial charge is 0.414 e. The van der Waals surface area contributed by atoms with Crippen LogP contribution in [-0.4, -0.2) is 59.3 Å². The predicted molar refractivity (Wildman–Crippen MR) is 100 cm³/mol. The first-order valence-corrected chi connectivity index (χ1v) is 10.5. The SMILES string of the molecule is COC(=O)N1c2ccccc2[C@@]23C4N5CCC[C@@]46CC[C@@]12[C@](O)(C6)C(=O)[C@@H]3C5. The second kappa shape index (κ2) is 4.31. The van der Waals surface area contributed by atoms with Crippen LogP contribution in [0.4, 0.5) is 10.5 Å². The summed E-state index contributed by atoms with van der Waals surface area (Å²) in [5.74, 6) is -0.287. The number of carbonyl (C=O) groups is 2. The first kappa shape index (κ1) is 15.9. The molecule has 6 fully saturated rings. The average molecular weight is 380 g/mol. The third-order valence-electron chi connectivity index (χ3n) is 9.48. The fraction of sp³-hybridized carbons (Fsp3) is 0.636. The minimum Gasteiger partial charge on any atom is -0.452 e. The van der Waals surface area contributed by atoms with Gasteiger partial charge < -0.3 is 9.84 Å². The highest BCUT2D eigenvalue weighted by Crippen LogP contribution is 2.81. The van der Waals surface area contributed by atoms with Gasteiger partial charge in [0.1, 0.15) is 5.60 Å². The van der Waals surface area contributed by atoms with Crippen molar-refractivity contribution in [2.24, 2.45) is 11.3 Å². The topological polar surface area (TPSA) is 70.1 Å². The monoisotopic (exact) mass is 380 g/mol. The molecular formula is C22H24N2O4. The van der Waals surface area contributed by atoms with Gasteiger partial charge in [0.15, 0.2) is 5.78 Å². The van der Waals surface area contributed by atoms with Crippen molar-refractivity contribution in [3.8, 4) is 0 Å². The van der Waals surface area contributed by atoms with Gasteiger partial charge in [0, 0.05) is 18.5 Å². The summed E-state index contributed by atoms with van der Waals surface area (Å²) in [4.78, 5) is 31.1. The van der Waals surface area contributed by atoms with Crippen LogP contribution in [0.25, 0.3) is 0 Å². The summed E-state index contributed by atoms with van der Waals surface area (Å²) in [6, 6.07) is 8.22. The molecule has 3 spiro atoms. The second-order valence-corrected chi connectivity index (χ2v) is 9.87. The first-order valence-electron chi connectivity index (χ1n) is 10.5. The Kier molecular flexibility index (Phi) is 2.45. The maximum Gasteiger partial charge on any atom is 0.414 e. The summed E-state index contributed by atoms with van der Waals surface area (Å²) in [5.41, 5.74) is -1.04. The number of benzene rings is 1. The molecule has 0 aromatic heterocycles. The van der Waals surface area contributed by atoms with Gasteiger partial charge in [-0.2, -0.15) is 0 Å². The molecule has 1 aromatic rings. The van der Waals surface area contributed by atoms with Crippen LogP contribution in [0.5, 0.6) is 0 Å². The van der Waals surface area contributed by atoms with Gasteiger partial charge >= 0.3 is 6.09 Å². The zero-order valence-corrected chi connectivity index (χ0v) is 16.0. The van der Waals surface area contributed by atoms with E-state index in [0.717, 1.165) is 37.1 Å². The van der Waals surface area contributed by atoms with Gasteiger partial charge in [-0.1, -0.05) is 18.2 Å². The van der Waals surface area contributed by atoms with Gasteiger partial charge in [0.2, 0.25) is 0 Å². The number of ketones is 1. The van der Waals surface area contributed by atoms with E-state index >= 15 is 0 Å². The Morgan fingerprint density at radius 2 is 2.07 bits per heavy atom. The Hall–Kier alpha value is -1.92. The highest BCUT2D eigenvalue weighted by molar-refractivity contribution is 6.07. The lowest BCUT2D eigenvalue weighted by atomic mass is 9.40. The van der Waals surface area contributed by atoms with Crippen molar-refractivity contribution in [2.45, 2.75) is 54.7 Å². The highest BCUT2D eigenvalue weighted by Gasteiger charge is 2.93. The highest BCUT2D eigenvalue weighted by atomic mass is 16.5. The van der Waals surface area contributed by atoms with E-state index in [4.69, 9.17) is 4.74 Å². The zero-order chi connectivity index (χ0) is 19.1. The molecule has 8 rings (SSSR count).